The van der Waals surface area contributed by atoms with Gasteiger partial charge in [-0.1, -0.05) is 52.7 Å². The first kappa shape index (κ1) is 23.8. The van der Waals surface area contributed by atoms with Crippen LogP contribution in [0.1, 0.15) is 106 Å². The van der Waals surface area contributed by atoms with Crippen molar-refractivity contribution in [1.29, 1.82) is 0 Å². The third kappa shape index (κ3) is 3.40. The maximum absolute atomic E-state index is 10.8. The molecule has 2 nitrogen and oxygen atoms in total. The summed E-state index contributed by atoms with van der Waals surface area (Å²) in [4.78, 5) is 1.59. The predicted molar refractivity (Wildman–Crippen MR) is 131 cm³/mol. The molecule has 4 rings (SSSR count). The van der Waals surface area contributed by atoms with Gasteiger partial charge in [-0.25, -0.2) is 0 Å². The van der Waals surface area contributed by atoms with Crippen LogP contribution in [0.4, 0.5) is 0 Å². The molecule has 0 heterocycles. The summed E-state index contributed by atoms with van der Waals surface area (Å²) in [7, 11) is 4.58. The molecule has 2 N–H and O–H groups in total. The molecule has 2 heteroatoms. The SMILES string of the molecule is CC(CCC[NH+](C)C)C1CC[C@@]2(C)C3=C(CCC12C)C1(C)CCC(O)C(C)(C)C1CC3. The minimum Gasteiger partial charge on any atom is -0.393 e. The van der Waals surface area contributed by atoms with Gasteiger partial charge in [0.1, 0.15) is 0 Å². The van der Waals surface area contributed by atoms with E-state index in [1.807, 2.05) is 11.1 Å². The van der Waals surface area contributed by atoms with E-state index >= 15 is 0 Å². The second-order valence-corrected chi connectivity index (χ2v) is 13.8. The molecule has 0 saturated heterocycles. The van der Waals surface area contributed by atoms with E-state index in [2.05, 4.69) is 55.6 Å². The second-order valence-electron chi connectivity index (χ2n) is 13.8. The van der Waals surface area contributed by atoms with E-state index in [4.69, 9.17) is 0 Å². The van der Waals surface area contributed by atoms with Gasteiger partial charge in [0.15, 0.2) is 0 Å². The summed E-state index contributed by atoms with van der Waals surface area (Å²) in [5.74, 6) is 2.38. The van der Waals surface area contributed by atoms with Crippen molar-refractivity contribution in [3.63, 3.8) is 0 Å². The average molecular weight is 431 g/mol. The van der Waals surface area contributed by atoms with E-state index in [0.29, 0.717) is 22.2 Å². The summed E-state index contributed by atoms with van der Waals surface area (Å²) in [5, 5.41) is 10.8. The van der Waals surface area contributed by atoms with Gasteiger partial charge in [0.2, 0.25) is 0 Å². The molecule has 0 aliphatic heterocycles. The van der Waals surface area contributed by atoms with Crippen LogP contribution in [0.5, 0.6) is 0 Å². The van der Waals surface area contributed by atoms with Crippen LogP contribution in [-0.2, 0) is 0 Å². The lowest BCUT2D eigenvalue weighted by atomic mass is 9.43. The van der Waals surface area contributed by atoms with Gasteiger partial charge in [-0.05, 0) is 104 Å². The molecule has 4 aliphatic rings. The molecule has 31 heavy (non-hydrogen) atoms. The number of fused-ring (bicyclic) bond motifs is 4. The van der Waals surface area contributed by atoms with Crippen LogP contribution in [-0.4, -0.2) is 31.9 Å². The number of hydrogen-bond donors (Lipinski definition) is 2. The molecule has 0 spiro atoms. The van der Waals surface area contributed by atoms with Crippen molar-refractivity contribution in [2.75, 3.05) is 20.6 Å². The monoisotopic (exact) mass is 430 g/mol. The zero-order valence-corrected chi connectivity index (χ0v) is 22.0. The summed E-state index contributed by atoms with van der Waals surface area (Å²) in [6, 6.07) is 0. The smallest absolute Gasteiger partial charge is 0.0766 e. The van der Waals surface area contributed by atoms with Crippen molar-refractivity contribution >= 4 is 0 Å². The lowest BCUT2D eigenvalue weighted by Crippen LogP contribution is -3.05. The van der Waals surface area contributed by atoms with Crippen LogP contribution in [0.2, 0.25) is 0 Å². The van der Waals surface area contributed by atoms with E-state index in [1.165, 1.54) is 64.3 Å². The van der Waals surface area contributed by atoms with Crippen molar-refractivity contribution in [2.45, 2.75) is 112 Å². The molecule has 0 radical (unpaired) electrons. The lowest BCUT2D eigenvalue weighted by Gasteiger charge is -2.62. The van der Waals surface area contributed by atoms with Gasteiger partial charge in [0.25, 0.3) is 0 Å². The predicted octanol–water partition coefficient (Wildman–Crippen LogP) is 5.66. The number of rotatable bonds is 5. The van der Waals surface area contributed by atoms with Gasteiger partial charge >= 0.3 is 0 Å². The number of quaternary nitrogens is 1. The summed E-state index contributed by atoms with van der Waals surface area (Å²) in [5.41, 5.74) is 4.99. The Labute approximate surface area is 193 Å². The van der Waals surface area contributed by atoms with Crippen LogP contribution in [0, 0.1) is 39.4 Å². The Morgan fingerprint density at radius 1 is 0.935 bits per heavy atom. The van der Waals surface area contributed by atoms with E-state index in [9.17, 15) is 5.11 Å². The molecular weight excluding hydrogens is 378 g/mol. The Morgan fingerprint density at radius 2 is 1.65 bits per heavy atom. The number of hydrogen-bond acceptors (Lipinski definition) is 1. The lowest BCUT2D eigenvalue weighted by molar-refractivity contribution is -0.858. The van der Waals surface area contributed by atoms with Crippen LogP contribution in [0.25, 0.3) is 0 Å². The van der Waals surface area contributed by atoms with Crippen molar-refractivity contribution in [2.24, 2.45) is 39.4 Å². The molecule has 6 unspecified atom stereocenters. The molecular formula is C29H52NO+. The van der Waals surface area contributed by atoms with Gasteiger partial charge in [0, 0.05) is 0 Å². The number of aliphatic hydroxyl groups excluding tert-OH is 1. The number of nitrogens with one attached hydrogen (secondary N) is 1. The van der Waals surface area contributed by atoms with Gasteiger partial charge in [-0.2, -0.15) is 0 Å². The van der Waals surface area contributed by atoms with E-state index in [1.54, 1.807) is 4.90 Å². The fourth-order valence-corrected chi connectivity index (χ4v) is 9.61. The largest absolute Gasteiger partial charge is 0.393 e. The zero-order chi connectivity index (χ0) is 22.8. The first-order chi connectivity index (χ1) is 14.4. The second kappa shape index (κ2) is 7.86. The van der Waals surface area contributed by atoms with E-state index < -0.39 is 0 Å². The first-order valence-corrected chi connectivity index (χ1v) is 13.6. The van der Waals surface area contributed by atoms with E-state index in [0.717, 1.165) is 18.3 Å². The van der Waals surface area contributed by atoms with E-state index in [-0.39, 0.29) is 11.5 Å². The summed E-state index contributed by atoms with van der Waals surface area (Å²) >= 11 is 0. The van der Waals surface area contributed by atoms with Crippen molar-refractivity contribution in [1.82, 2.24) is 0 Å². The number of aliphatic hydroxyl groups is 1. The maximum atomic E-state index is 10.8. The normalized spacial score (nSPS) is 45.3. The third-order valence-electron chi connectivity index (χ3n) is 11.8. The average Bonchev–Trinajstić information content (AvgIpc) is 2.96. The van der Waals surface area contributed by atoms with Crippen LogP contribution in [0.15, 0.2) is 11.1 Å². The Balaban J connectivity index is 1.63. The van der Waals surface area contributed by atoms with Gasteiger partial charge in [-0.15, -0.1) is 0 Å². The molecule has 0 bridgehead atoms. The van der Waals surface area contributed by atoms with Gasteiger partial charge < -0.3 is 10.0 Å². The molecule has 178 valence electrons. The molecule has 0 amide bonds. The minimum absolute atomic E-state index is 0.0499. The fraction of sp³-hybridized carbons (Fsp3) is 0.931. The van der Waals surface area contributed by atoms with Crippen molar-refractivity contribution in [3.05, 3.63) is 11.1 Å². The molecule has 0 aromatic rings. The van der Waals surface area contributed by atoms with Crippen LogP contribution in [0.3, 0.4) is 0 Å². The van der Waals surface area contributed by atoms with Gasteiger partial charge in [0.05, 0.1) is 26.7 Å². The highest BCUT2D eigenvalue weighted by atomic mass is 16.3. The molecule has 0 aromatic heterocycles. The fourth-order valence-electron chi connectivity index (χ4n) is 9.61. The van der Waals surface area contributed by atoms with Crippen LogP contribution >= 0.6 is 0 Å². The zero-order valence-electron chi connectivity index (χ0n) is 22.0. The van der Waals surface area contributed by atoms with Crippen molar-refractivity contribution < 1.29 is 10.0 Å². The standard InChI is InChI=1S/C29H51NO/c1-20(10-9-19-30(7)8)21-13-17-29(6)23-11-12-24-26(2,3)25(31)15-16-27(24,4)22(23)14-18-28(21,29)5/h20-21,24-25,31H,9-19H2,1-8H3/p+1/t20?,21?,24?,25?,27?,28?,29-/m0/s1. The Morgan fingerprint density at radius 3 is 2.32 bits per heavy atom. The highest BCUT2D eigenvalue weighted by molar-refractivity contribution is 5.38. The molecule has 4 aliphatic carbocycles. The highest BCUT2D eigenvalue weighted by Crippen LogP contribution is 2.72. The summed E-state index contributed by atoms with van der Waals surface area (Å²) in [6.07, 6.45) is 13.0. The summed E-state index contributed by atoms with van der Waals surface area (Å²) < 4.78 is 0. The Hall–Kier alpha value is -0.340. The molecule has 2 fully saturated rings. The third-order valence-corrected chi connectivity index (χ3v) is 11.8. The molecule has 2 saturated carbocycles. The number of allylic oxidation sites excluding steroid dienone is 2. The maximum Gasteiger partial charge on any atom is 0.0766 e. The summed E-state index contributed by atoms with van der Waals surface area (Å²) in [6.45, 7) is 16.5. The highest BCUT2D eigenvalue weighted by Gasteiger charge is 2.63. The van der Waals surface area contributed by atoms with Crippen LogP contribution < -0.4 is 4.90 Å². The minimum atomic E-state index is -0.127. The Bertz CT molecular complexity index is 722. The van der Waals surface area contributed by atoms with Gasteiger partial charge in [-0.3, -0.25) is 0 Å². The first-order valence-electron chi connectivity index (χ1n) is 13.6. The molecule has 7 atom stereocenters. The molecule has 0 aromatic carbocycles. The Kier molecular flexibility index (Phi) is 6.04. The topological polar surface area (TPSA) is 24.7 Å². The quantitative estimate of drug-likeness (QED) is 0.541. The van der Waals surface area contributed by atoms with Crippen molar-refractivity contribution in [3.8, 4) is 0 Å².